The van der Waals surface area contributed by atoms with Gasteiger partial charge in [0, 0.05) is 0 Å². The molecule has 0 fully saturated rings. The normalized spacial score (nSPS) is 12.3. The Bertz CT molecular complexity index is 347. The van der Waals surface area contributed by atoms with Crippen LogP contribution in [0.25, 0.3) is 0 Å². The van der Waals surface area contributed by atoms with Gasteiger partial charge in [0.2, 0.25) is 0 Å². The van der Waals surface area contributed by atoms with Gasteiger partial charge in [-0.3, -0.25) is 0 Å². The summed E-state index contributed by atoms with van der Waals surface area (Å²) in [5, 5.41) is 0. The topological polar surface area (TPSA) is 9.23 Å². The van der Waals surface area contributed by atoms with Gasteiger partial charge in [-0.2, -0.15) is 12.6 Å². The molecule has 0 aliphatic heterocycles. The highest BCUT2D eigenvalue weighted by molar-refractivity contribution is 7.80. The lowest BCUT2D eigenvalue weighted by Gasteiger charge is -2.10. The molecule has 0 aromatic heterocycles. The smallest absolute Gasteiger partial charge is 0.119 e. The summed E-state index contributed by atoms with van der Waals surface area (Å²) in [7, 11) is 0. The number of hydrogen-bond acceptors (Lipinski definition) is 2. The van der Waals surface area contributed by atoms with Gasteiger partial charge in [0.05, 0.1) is 6.61 Å². The van der Waals surface area contributed by atoms with E-state index in [1.54, 1.807) is 0 Å². The lowest BCUT2D eigenvalue weighted by atomic mass is 9.99. The van der Waals surface area contributed by atoms with Crippen molar-refractivity contribution < 1.29 is 4.74 Å². The van der Waals surface area contributed by atoms with Crippen molar-refractivity contribution in [3.8, 4) is 5.75 Å². The van der Waals surface area contributed by atoms with Crippen LogP contribution < -0.4 is 4.74 Å². The standard InChI is InChI=1S/C19H32OS/c1-3-17(2)18-11-13-19(14-12-18)20-15-9-7-5-4-6-8-10-16-21/h11-14,17,21H,3-10,15-16H2,1-2H3. The monoisotopic (exact) mass is 308 g/mol. The van der Waals surface area contributed by atoms with Gasteiger partial charge < -0.3 is 4.74 Å². The van der Waals surface area contributed by atoms with Gasteiger partial charge in [0.1, 0.15) is 5.75 Å². The highest BCUT2D eigenvalue weighted by atomic mass is 32.1. The van der Waals surface area contributed by atoms with E-state index in [0.717, 1.165) is 18.1 Å². The zero-order valence-corrected chi connectivity index (χ0v) is 14.7. The highest BCUT2D eigenvalue weighted by Gasteiger charge is 2.02. The van der Waals surface area contributed by atoms with E-state index >= 15 is 0 Å². The second kappa shape index (κ2) is 12.0. The molecule has 0 heterocycles. The minimum Gasteiger partial charge on any atom is -0.494 e. The van der Waals surface area contributed by atoms with Gasteiger partial charge in [-0.05, 0) is 48.6 Å². The number of hydrogen-bond donors (Lipinski definition) is 1. The summed E-state index contributed by atoms with van der Waals surface area (Å²) < 4.78 is 5.81. The van der Waals surface area contributed by atoms with E-state index in [9.17, 15) is 0 Å². The van der Waals surface area contributed by atoms with Crippen LogP contribution in [0.5, 0.6) is 5.75 Å². The Balaban J connectivity index is 2.05. The minimum atomic E-state index is 0.640. The van der Waals surface area contributed by atoms with Gasteiger partial charge in [-0.1, -0.05) is 58.1 Å². The summed E-state index contributed by atoms with van der Waals surface area (Å²) >= 11 is 4.23. The third-order valence-corrected chi connectivity index (χ3v) is 4.45. The molecule has 0 bridgehead atoms. The fraction of sp³-hybridized carbons (Fsp3) is 0.684. The maximum Gasteiger partial charge on any atom is 0.119 e. The lowest BCUT2D eigenvalue weighted by Crippen LogP contribution is -1.98. The van der Waals surface area contributed by atoms with Gasteiger partial charge in [-0.25, -0.2) is 0 Å². The van der Waals surface area contributed by atoms with Gasteiger partial charge in [-0.15, -0.1) is 0 Å². The molecule has 1 unspecified atom stereocenters. The van der Waals surface area contributed by atoms with E-state index in [1.807, 2.05) is 0 Å². The molecular formula is C19H32OS. The van der Waals surface area contributed by atoms with Crippen molar-refractivity contribution in [3.05, 3.63) is 29.8 Å². The summed E-state index contributed by atoms with van der Waals surface area (Å²) in [6.07, 6.45) is 10.3. The number of rotatable bonds is 12. The third kappa shape index (κ3) is 8.40. The van der Waals surface area contributed by atoms with E-state index in [1.165, 1.54) is 56.9 Å². The van der Waals surface area contributed by atoms with Gasteiger partial charge >= 0.3 is 0 Å². The summed E-state index contributed by atoms with van der Waals surface area (Å²) in [5.41, 5.74) is 1.41. The first-order chi connectivity index (χ1) is 10.3. The van der Waals surface area contributed by atoms with Crippen LogP contribution in [0.1, 0.15) is 76.7 Å². The van der Waals surface area contributed by atoms with E-state index in [-0.39, 0.29) is 0 Å². The second-order valence-corrected chi connectivity index (χ2v) is 6.37. The molecule has 0 saturated carbocycles. The summed E-state index contributed by atoms with van der Waals surface area (Å²) in [6.45, 7) is 5.35. The van der Waals surface area contributed by atoms with E-state index in [2.05, 4.69) is 50.7 Å². The number of unbranched alkanes of at least 4 members (excludes halogenated alkanes) is 6. The molecular weight excluding hydrogens is 276 g/mol. The number of ether oxygens (including phenoxy) is 1. The first-order valence-electron chi connectivity index (χ1n) is 8.61. The van der Waals surface area contributed by atoms with Crippen LogP contribution in [-0.4, -0.2) is 12.4 Å². The molecule has 1 aromatic rings. The third-order valence-electron chi connectivity index (χ3n) is 4.13. The molecule has 1 nitrogen and oxygen atoms in total. The van der Waals surface area contributed by atoms with E-state index in [4.69, 9.17) is 4.74 Å². The molecule has 0 spiro atoms. The zero-order valence-electron chi connectivity index (χ0n) is 13.8. The van der Waals surface area contributed by atoms with Crippen molar-refractivity contribution in [3.63, 3.8) is 0 Å². The van der Waals surface area contributed by atoms with Crippen molar-refractivity contribution in [1.29, 1.82) is 0 Å². The van der Waals surface area contributed by atoms with Crippen LogP contribution in [0.2, 0.25) is 0 Å². The summed E-state index contributed by atoms with van der Waals surface area (Å²) in [4.78, 5) is 0. The van der Waals surface area contributed by atoms with Crippen molar-refractivity contribution in [1.82, 2.24) is 0 Å². The number of thiol groups is 1. The second-order valence-electron chi connectivity index (χ2n) is 5.93. The van der Waals surface area contributed by atoms with Crippen LogP contribution in [0, 0.1) is 0 Å². The Hall–Kier alpha value is -0.630. The Kier molecular flexibility index (Phi) is 10.5. The van der Waals surface area contributed by atoms with Crippen LogP contribution in [-0.2, 0) is 0 Å². The van der Waals surface area contributed by atoms with Gasteiger partial charge in [0.25, 0.3) is 0 Å². The Morgan fingerprint density at radius 3 is 2.05 bits per heavy atom. The SMILES string of the molecule is CCC(C)c1ccc(OCCCCCCCCCS)cc1. The Morgan fingerprint density at radius 2 is 1.48 bits per heavy atom. The van der Waals surface area contributed by atoms with Gasteiger partial charge in [0.15, 0.2) is 0 Å². The quantitative estimate of drug-likeness (QED) is 0.355. The average molecular weight is 309 g/mol. The van der Waals surface area contributed by atoms with Crippen molar-refractivity contribution in [2.75, 3.05) is 12.4 Å². The molecule has 1 aromatic carbocycles. The largest absolute Gasteiger partial charge is 0.494 e. The highest BCUT2D eigenvalue weighted by Crippen LogP contribution is 2.21. The molecule has 0 aliphatic carbocycles. The predicted octanol–water partition coefficient (Wildman–Crippen LogP) is 6.24. The van der Waals surface area contributed by atoms with E-state index < -0.39 is 0 Å². The molecule has 0 amide bonds. The number of benzene rings is 1. The average Bonchev–Trinajstić information content (AvgIpc) is 2.53. The fourth-order valence-electron chi connectivity index (χ4n) is 2.42. The minimum absolute atomic E-state index is 0.640. The fourth-order valence-corrected chi connectivity index (χ4v) is 2.64. The molecule has 1 atom stereocenters. The maximum atomic E-state index is 5.81. The van der Waals surface area contributed by atoms with Crippen molar-refractivity contribution in [2.24, 2.45) is 0 Å². The first kappa shape index (κ1) is 18.4. The molecule has 0 N–H and O–H groups in total. The molecule has 120 valence electrons. The van der Waals surface area contributed by atoms with Crippen LogP contribution >= 0.6 is 12.6 Å². The van der Waals surface area contributed by atoms with Crippen LogP contribution in [0.15, 0.2) is 24.3 Å². The van der Waals surface area contributed by atoms with E-state index in [0.29, 0.717) is 5.92 Å². The zero-order chi connectivity index (χ0) is 15.3. The molecule has 2 heteroatoms. The van der Waals surface area contributed by atoms with Crippen LogP contribution in [0.4, 0.5) is 0 Å². The Labute approximate surface area is 136 Å². The van der Waals surface area contributed by atoms with Crippen molar-refractivity contribution in [2.45, 2.75) is 71.1 Å². The predicted molar refractivity (Wildman–Crippen MR) is 96.8 cm³/mol. The molecule has 21 heavy (non-hydrogen) atoms. The molecule has 0 radical (unpaired) electrons. The molecule has 1 rings (SSSR count). The lowest BCUT2D eigenvalue weighted by molar-refractivity contribution is 0.304. The molecule has 0 aliphatic rings. The van der Waals surface area contributed by atoms with Crippen LogP contribution in [0.3, 0.4) is 0 Å². The summed E-state index contributed by atoms with van der Waals surface area (Å²) in [5.74, 6) is 2.68. The maximum absolute atomic E-state index is 5.81. The van der Waals surface area contributed by atoms with Crippen molar-refractivity contribution >= 4 is 12.6 Å². The Morgan fingerprint density at radius 1 is 0.905 bits per heavy atom. The first-order valence-corrected chi connectivity index (χ1v) is 9.24. The molecule has 0 saturated heterocycles. The summed E-state index contributed by atoms with van der Waals surface area (Å²) in [6, 6.07) is 8.62.